The topological polar surface area (TPSA) is 76.7 Å². The molecule has 0 radical (unpaired) electrons. The van der Waals surface area contributed by atoms with E-state index in [-0.39, 0.29) is 5.28 Å². The van der Waals surface area contributed by atoms with Crippen molar-refractivity contribution in [1.82, 2.24) is 15.0 Å². The van der Waals surface area contributed by atoms with Gasteiger partial charge in [-0.05, 0) is 29.8 Å². The molecule has 0 spiro atoms. The lowest BCUT2D eigenvalue weighted by Gasteiger charge is -2.07. The van der Waals surface area contributed by atoms with Crippen molar-refractivity contribution < 1.29 is 0 Å². The molecule has 0 saturated carbocycles. The smallest absolute Gasteiger partial charge is 0.232 e. The van der Waals surface area contributed by atoms with Gasteiger partial charge < -0.3 is 11.1 Å². The number of nitrogens with zero attached hydrogens (tertiary/aromatic N) is 3. The van der Waals surface area contributed by atoms with E-state index in [9.17, 15) is 0 Å². The van der Waals surface area contributed by atoms with Crippen molar-refractivity contribution in [3.05, 3.63) is 59.9 Å². The number of anilines is 3. The van der Waals surface area contributed by atoms with Crippen LogP contribution in [0.2, 0.25) is 5.28 Å². The predicted octanol–water partition coefficient (Wildman–Crippen LogP) is 3.52. The Morgan fingerprint density at radius 1 is 0.905 bits per heavy atom. The van der Waals surface area contributed by atoms with Crippen LogP contribution in [0.15, 0.2) is 54.6 Å². The molecule has 2 aromatic carbocycles. The number of hydrogen-bond acceptors (Lipinski definition) is 5. The minimum atomic E-state index is 0.134. The minimum absolute atomic E-state index is 0.134. The van der Waals surface area contributed by atoms with Gasteiger partial charge in [0.05, 0.1) is 0 Å². The highest BCUT2D eigenvalue weighted by molar-refractivity contribution is 6.28. The maximum Gasteiger partial charge on any atom is 0.232 e. The summed E-state index contributed by atoms with van der Waals surface area (Å²) in [6.45, 7) is 0. The second kappa shape index (κ2) is 5.76. The van der Waals surface area contributed by atoms with Gasteiger partial charge in [-0.3, -0.25) is 0 Å². The van der Waals surface area contributed by atoms with Crippen molar-refractivity contribution in [2.75, 3.05) is 11.1 Å². The van der Waals surface area contributed by atoms with Crippen LogP contribution in [0.1, 0.15) is 0 Å². The Hall–Kier alpha value is -2.66. The van der Waals surface area contributed by atoms with Gasteiger partial charge in [0.2, 0.25) is 11.2 Å². The molecule has 3 N–H and O–H groups in total. The van der Waals surface area contributed by atoms with Crippen LogP contribution < -0.4 is 11.1 Å². The zero-order valence-electron chi connectivity index (χ0n) is 11.0. The van der Waals surface area contributed by atoms with E-state index in [0.29, 0.717) is 17.5 Å². The van der Waals surface area contributed by atoms with E-state index >= 15 is 0 Å². The van der Waals surface area contributed by atoms with Crippen molar-refractivity contribution in [1.29, 1.82) is 0 Å². The SMILES string of the molecule is Nc1cccc(Nc2nc(Cl)nc(-c3ccccc3)n2)c1. The minimum Gasteiger partial charge on any atom is -0.399 e. The van der Waals surface area contributed by atoms with E-state index < -0.39 is 0 Å². The summed E-state index contributed by atoms with van der Waals surface area (Å²) in [6.07, 6.45) is 0. The fraction of sp³-hybridized carbons (Fsp3) is 0. The van der Waals surface area contributed by atoms with E-state index in [1.54, 1.807) is 12.1 Å². The number of nitrogens with one attached hydrogen (secondary N) is 1. The van der Waals surface area contributed by atoms with Gasteiger partial charge in [0.25, 0.3) is 0 Å². The molecule has 5 nitrogen and oxygen atoms in total. The first-order valence-electron chi connectivity index (χ1n) is 6.30. The number of halogens is 1. The van der Waals surface area contributed by atoms with Crippen molar-refractivity contribution in [2.45, 2.75) is 0 Å². The fourth-order valence-corrected chi connectivity index (χ4v) is 2.03. The third-order valence-corrected chi connectivity index (χ3v) is 2.95. The molecule has 0 fully saturated rings. The van der Waals surface area contributed by atoms with E-state index in [1.807, 2.05) is 42.5 Å². The zero-order chi connectivity index (χ0) is 14.7. The predicted molar refractivity (Wildman–Crippen MR) is 84.4 cm³/mol. The quantitative estimate of drug-likeness (QED) is 0.723. The molecule has 0 bridgehead atoms. The summed E-state index contributed by atoms with van der Waals surface area (Å²) in [5.74, 6) is 0.890. The van der Waals surface area contributed by atoms with E-state index in [1.165, 1.54) is 0 Å². The number of hydrogen-bond donors (Lipinski definition) is 2. The van der Waals surface area contributed by atoms with Crippen LogP contribution in [0.5, 0.6) is 0 Å². The van der Waals surface area contributed by atoms with E-state index in [2.05, 4.69) is 20.3 Å². The van der Waals surface area contributed by atoms with Gasteiger partial charge in [-0.25, -0.2) is 0 Å². The van der Waals surface area contributed by atoms with Gasteiger partial charge in [-0.1, -0.05) is 36.4 Å². The van der Waals surface area contributed by atoms with Crippen LogP contribution in [0, 0.1) is 0 Å². The van der Waals surface area contributed by atoms with Crippen LogP contribution in [0.3, 0.4) is 0 Å². The van der Waals surface area contributed by atoms with Gasteiger partial charge in [-0.2, -0.15) is 15.0 Å². The second-order valence-corrected chi connectivity index (χ2v) is 4.71. The Morgan fingerprint density at radius 3 is 2.48 bits per heavy atom. The summed E-state index contributed by atoms with van der Waals surface area (Å²) in [7, 11) is 0. The van der Waals surface area contributed by atoms with Gasteiger partial charge in [0.1, 0.15) is 0 Å². The molecule has 0 amide bonds. The summed E-state index contributed by atoms with van der Waals surface area (Å²) < 4.78 is 0. The van der Waals surface area contributed by atoms with Crippen LogP contribution in [-0.2, 0) is 0 Å². The molecule has 0 aliphatic heterocycles. The van der Waals surface area contributed by atoms with Gasteiger partial charge in [0.15, 0.2) is 5.82 Å². The van der Waals surface area contributed by atoms with Crippen LogP contribution in [0.4, 0.5) is 17.3 Å². The van der Waals surface area contributed by atoms with Gasteiger partial charge in [-0.15, -0.1) is 0 Å². The summed E-state index contributed by atoms with van der Waals surface area (Å²) >= 11 is 5.97. The lowest BCUT2D eigenvalue weighted by atomic mass is 10.2. The maximum absolute atomic E-state index is 5.97. The average molecular weight is 298 g/mol. The summed E-state index contributed by atoms with van der Waals surface area (Å²) in [5.41, 5.74) is 8.06. The Balaban J connectivity index is 1.95. The molecular weight excluding hydrogens is 286 g/mol. The third kappa shape index (κ3) is 3.27. The first kappa shape index (κ1) is 13.3. The summed E-state index contributed by atoms with van der Waals surface area (Å²) in [5, 5.41) is 3.20. The Morgan fingerprint density at radius 2 is 1.71 bits per heavy atom. The molecule has 21 heavy (non-hydrogen) atoms. The molecule has 6 heteroatoms. The van der Waals surface area contributed by atoms with Crippen LogP contribution in [0.25, 0.3) is 11.4 Å². The number of benzene rings is 2. The number of aromatic nitrogens is 3. The first-order valence-corrected chi connectivity index (χ1v) is 6.68. The van der Waals surface area contributed by atoms with Crippen molar-refractivity contribution in [3.8, 4) is 11.4 Å². The second-order valence-electron chi connectivity index (χ2n) is 4.37. The molecular formula is C15H12ClN5. The molecule has 104 valence electrons. The Kier molecular flexibility index (Phi) is 3.66. The molecule has 3 aromatic rings. The molecule has 0 aliphatic rings. The Labute approximate surface area is 126 Å². The molecule has 0 saturated heterocycles. The first-order chi connectivity index (χ1) is 10.2. The van der Waals surface area contributed by atoms with Gasteiger partial charge >= 0.3 is 0 Å². The third-order valence-electron chi connectivity index (χ3n) is 2.78. The largest absolute Gasteiger partial charge is 0.399 e. The number of nitrogens with two attached hydrogens (primary N) is 1. The molecule has 3 rings (SSSR count). The molecule has 1 aromatic heterocycles. The molecule has 1 heterocycles. The standard InChI is InChI=1S/C15H12ClN5/c16-14-19-13(10-5-2-1-3-6-10)20-15(21-14)18-12-8-4-7-11(17)9-12/h1-9H,17H2,(H,18,19,20,21). The molecule has 0 aliphatic carbocycles. The molecule has 0 atom stereocenters. The summed E-state index contributed by atoms with van der Waals surface area (Å²) in [6, 6.07) is 16.9. The number of rotatable bonds is 3. The van der Waals surface area contributed by atoms with Crippen molar-refractivity contribution in [3.63, 3.8) is 0 Å². The monoisotopic (exact) mass is 297 g/mol. The van der Waals surface area contributed by atoms with E-state index in [0.717, 1.165) is 11.3 Å². The van der Waals surface area contributed by atoms with Crippen molar-refractivity contribution in [2.24, 2.45) is 0 Å². The highest BCUT2D eigenvalue weighted by atomic mass is 35.5. The normalized spacial score (nSPS) is 10.3. The molecule has 0 unspecified atom stereocenters. The van der Waals surface area contributed by atoms with Crippen LogP contribution >= 0.6 is 11.6 Å². The highest BCUT2D eigenvalue weighted by Gasteiger charge is 2.07. The summed E-state index contributed by atoms with van der Waals surface area (Å²) in [4.78, 5) is 12.6. The lowest BCUT2D eigenvalue weighted by Crippen LogP contribution is -2.01. The number of nitrogen functional groups attached to an aromatic ring is 1. The zero-order valence-corrected chi connectivity index (χ0v) is 11.7. The van der Waals surface area contributed by atoms with Crippen LogP contribution in [-0.4, -0.2) is 15.0 Å². The van der Waals surface area contributed by atoms with Crippen molar-refractivity contribution >= 4 is 28.9 Å². The lowest BCUT2D eigenvalue weighted by molar-refractivity contribution is 1.06. The van der Waals surface area contributed by atoms with E-state index in [4.69, 9.17) is 17.3 Å². The average Bonchev–Trinajstić information content (AvgIpc) is 2.47. The highest BCUT2D eigenvalue weighted by Crippen LogP contribution is 2.20. The Bertz CT molecular complexity index is 761. The van der Waals surface area contributed by atoms with Gasteiger partial charge in [0, 0.05) is 16.9 Å². The maximum atomic E-state index is 5.97. The fourth-order valence-electron chi connectivity index (χ4n) is 1.87.